The second-order valence-corrected chi connectivity index (χ2v) is 4.10. The van der Waals surface area contributed by atoms with Crippen molar-refractivity contribution in [2.75, 3.05) is 5.32 Å². The number of aliphatic hydroxyl groups excluding tert-OH is 1. The van der Waals surface area contributed by atoms with E-state index in [4.69, 9.17) is 0 Å². The summed E-state index contributed by atoms with van der Waals surface area (Å²) in [6.07, 6.45) is 1.07. The fourth-order valence-electron chi connectivity index (χ4n) is 1.62. The molecule has 0 saturated carbocycles. The average molecular weight is 246 g/mol. The van der Waals surface area contributed by atoms with Gasteiger partial charge in [0.15, 0.2) is 11.6 Å². The number of nitrogens with zero attached hydrogens (tertiary/aromatic N) is 1. The first-order valence-corrected chi connectivity index (χ1v) is 5.78. The molecule has 0 aliphatic carbocycles. The lowest BCUT2D eigenvalue weighted by Crippen LogP contribution is -2.03. The molecule has 1 aromatic carbocycles. The van der Waals surface area contributed by atoms with Crippen LogP contribution in [0, 0.1) is 5.82 Å². The van der Waals surface area contributed by atoms with Crippen LogP contribution in [0.25, 0.3) is 0 Å². The Balaban J connectivity index is 2.00. The summed E-state index contributed by atoms with van der Waals surface area (Å²) in [6, 6.07) is 10.4. The predicted molar refractivity (Wildman–Crippen MR) is 68.6 cm³/mol. The van der Waals surface area contributed by atoms with Gasteiger partial charge in [0.05, 0.1) is 6.10 Å². The van der Waals surface area contributed by atoms with Crippen molar-refractivity contribution in [1.29, 1.82) is 0 Å². The van der Waals surface area contributed by atoms with Crippen LogP contribution >= 0.6 is 0 Å². The monoisotopic (exact) mass is 246 g/mol. The molecule has 0 fully saturated rings. The highest BCUT2D eigenvalue weighted by atomic mass is 19.1. The topological polar surface area (TPSA) is 45.1 Å². The molecule has 18 heavy (non-hydrogen) atoms. The lowest BCUT2D eigenvalue weighted by molar-refractivity contribution is 0.199. The highest BCUT2D eigenvalue weighted by Gasteiger charge is 2.03. The van der Waals surface area contributed by atoms with Crippen LogP contribution in [0.3, 0.4) is 0 Å². The van der Waals surface area contributed by atoms with E-state index in [1.54, 1.807) is 19.2 Å². The van der Waals surface area contributed by atoms with E-state index in [-0.39, 0.29) is 11.6 Å². The number of rotatable bonds is 4. The third-order valence-electron chi connectivity index (χ3n) is 2.68. The first-order chi connectivity index (χ1) is 8.66. The smallest absolute Gasteiger partial charge is 0.165 e. The van der Waals surface area contributed by atoms with Crippen molar-refractivity contribution in [3.8, 4) is 0 Å². The minimum Gasteiger partial charge on any atom is -0.389 e. The SMILES string of the molecule is CC(O)c1ccc(CNc2ncccc2F)cc1. The van der Waals surface area contributed by atoms with Crippen LogP contribution in [0.2, 0.25) is 0 Å². The number of nitrogens with one attached hydrogen (secondary N) is 1. The number of anilines is 1. The van der Waals surface area contributed by atoms with E-state index in [1.165, 1.54) is 6.07 Å². The van der Waals surface area contributed by atoms with Gasteiger partial charge in [-0.3, -0.25) is 0 Å². The maximum absolute atomic E-state index is 13.3. The van der Waals surface area contributed by atoms with E-state index in [1.807, 2.05) is 24.3 Å². The van der Waals surface area contributed by atoms with Crippen LogP contribution in [-0.4, -0.2) is 10.1 Å². The first-order valence-electron chi connectivity index (χ1n) is 5.78. The van der Waals surface area contributed by atoms with Crippen LogP contribution < -0.4 is 5.32 Å². The van der Waals surface area contributed by atoms with E-state index in [0.29, 0.717) is 6.54 Å². The Morgan fingerprint density at radius 3 is 2.61 bits per heavy atom. The second-order valence-electron chi connectivity index (χ2n) is 4.10. The summed E-state index contributed by atoms with van der Waals surface area (Å²) in [5.74, 6) is -0.116. The average Bonchev–Trinajstić information content (AvgIpc) is 2.38. The largest absolute Gasteiger partial charge is 0.389 e. The molecular formula is C14H15FN2O. The van der Waals surface area contributed by atoms with E-state index < -0.39 is 6.10 Å². The van der Waals surface area contributed by atoms with Gasteiger partial charge in [0.2, 0.25) is 0 Å². The second kappa shape index (κ2) is 5.60. The fraction of sp³-hybridized carbons (Fsp3) is 0.214. The third-order valence-corrected chi connectivity index (χ3v) is 2.68. The molecule has 1 aromatic heterocycles. The third kappa shape index (κ3) is 3.05. The number of hydrogen-bond acceptors (Lipinski definition) is 3. The first kappa shape index (κ1) is 12.5. The summed E-state index contributed by atoms with van der Waals surface area (Å²) in [6.45, 7) is 2.21. The number of halogens is 1. The van der Waals surface area contributed by atoms with Gasteiger partial charge in [0, 0.05) is 12.7 Å². The number of hydrogen-bond donors (Lipinski definition) is 2. The predicted octanol–water partition coefficient (Wildman–Crippen LogP) is 2.89. The van der Waals surface area contributed by atoms with Crippen molar-refractivity contribution >= 4 is 5.82 Å². The molecule has 0 aliphatic heterocycles. The molecule has 94 valence electrons. The van der Waals surface area contributed by atoms with Crippen molar-refractivity contribution in [2.45, 2.75) is 19.6 Å². The van der Waals surface area contributed by atoms with Gasteiger partial charge >= 0.3 is 0 Å². The molecule has 0 saturated heterocycles. The van der Waals surface area contributed by atoms with Crippen LogP contribution in [-0.2, 0) is 6.54 Å². The molecule has 2 rings (SSSR count). The van der Waals surface area contributed by atoms with E-state index in [2.05, 4.69) is 10.3 Å². The Bertz CT molecular complexity index is 511. The molecule has 2 aromatic rings. The van der Waals surface area contributed by atoms with E-state index in [9.17, 15) is 9.50 Å². The molecule has 0 radical (unpaired) electrons. The van der Waals surface area contributed by atoms with Gasteiger partial charge in [0.1, 0.15) is 0 Å². The lowest BCUT2D eigenvalue weighted by atomic mass is 10.1. The van der Waals surface area contributed by atoms with Crippen molar-refractivity contribution in [3.63, 3.8) is 0 Å². The van der Waals surface area contributed by atoms with E-state index in [0.717, 1.165) is 11.1 Å². The molecule has 0 aliphatic rings. The Morgan fingerprint density at radius 2 is 2.00 bits per heavy atom. The summed E-state index contributed by atoms with van der Waals surface area (Å²) >= 11 is 0. The molecule has 0 bridgehead atoms. The normalized spacial score (nSPS) is 12.2. The van der Waals surface area contributed by atoms with Crippen LogP contribution in [0.4, 0.5) is 10.2 Å². The summed E-state index contributed by atoms with van der Waals surface area (Å²) < 4.78 is 13.3. The Hall–Kier alpha value is -1.94. The quantitative estimate of drug-likeness (QED) is 0.872. The van der Waals surface area contributed by atoms with Crippen molar-refractivity contribution < 1.29 is 9.50 Å². The molecule has 1 unspecified atom stereocenters. The summed E-state index contributed by atoms with van der Waals surface area (Å²) in [4.78, 5) is 3.91. The zero-order valence-electron chi connectivity index (χ0n) is 10.1. The number of pyridine rings is 1. The molecule has 1 atom stereocenters. The molecule has 0 amide bonds. The summed E-state index contributed by atoms with van der Waals surface area (Å²) in [5.41, 5.74) is 1.87. The Kier molecular flexibility index (Phi) is 3.89. The summed E-state index contributed by atoms with van der Waals surface area (Å²) in [7, 11) is 0. The van der Waals surface area contributed by atoms with Gasteiger partial charge in [-0.15, -0.1) is 0 Å². The van der Waals surface area contributed by atoms with Gasteiger partial charge in [0.25, 0.3) is 0 Å². The Labute approximate surface area is 105 Å². The van der Waals surface area contributed by atoms with Gasteiger partial charge in [-0.2, -0.15) is 0 Å². The zero-order valence-corrected chi connectivity index (χ0v) is 10.1. The van der Waals surface area contributed by atoms with Crippen molar-refractivity contribution in [2.24, 2.45) is 0 Å². The van der Waals surface area contributed by atoms with Gasteiger partial charge < -0.3 is 10.4 Å². The van der Waals surface area contributed by atoms with Gasteiger partial charge in [-0.1, -0.05) is 24.3 Å². The minimum atomic E-state index is -0.472. The van der Waals surface area contributed by atoms with E-state index >= 15 is 0 Å². The highest BCUT2D eigenvalue weighted by molar-refractivity contribution is 5.37. The number of aromatic nitrogens is 1. The zero-order chi connectivity index (χ0) is 13.0. The van der Waals surface area contributed by atoms with Crippen LogP contribution in [0.5, 0.6) is 0 Å². The highest BCUT2D eigenvalue weighted by Crippen LogP contribution is 2.14. The molecule has 2 N–H and O–H groups in total. The molecule has 4 heteroatoms. The van der Waals surface area contributed by atoms with Crippen molar-refractivity contribution in [3.05, 3.63) is 59.5 Å². The lowest BCUT2D eigenvalue weighted by Gasteiger charge is -2.08. The van der Waals surface area contributed by atoms with Gasteiger partial charge in [-0.25, -0.2) is 9.37 Å². The summed E-state index contributed by atoms with van der Waals surface area (Å²) in [5, 5.41) is 12.3. The Morgan fingerprint density at radius 1 is 1.28 bits per heavy atom. The standard InChI is InChI=1S/C14H15FN2O/c1-10(18)12-6-4-11(5-7-12)9-17-14-13(15)3-2-8-16-14/h2-8,10,18H,9H2,1H3,(H,16,17). The maximum Gasteiger partial charge on any atom is 0.165 e. The number of benzene rings is 1. The molecule has 0 spiro atoms. The molecule has 3 nitrogen and oxygen atoms in total. The fourth-order valence-corrected chi connectivity index (χ4v) is 1.62. The molecule has 1 heterocycles. The number of aliphatic hydroxyl groups is 1. The minimum absolute atomic E-state index is 0.247. The molecular weight excluding hydrogens is 231 g/mol. The van der Waals surface area contributed by atoms with Gasteiger partial charge in [-0.05, 0) is 30.2 Å². The maximum atomic E-state index is 13.3. The van der Waals surface area contributed by atoms with Crippen molar-refractivity contribution in [1.82, 2.24) is 4.98 Å². The van der Waals surface area contributed by atoms with Crippen LogP contribution in [0.1, 0.15) is 24.2 Å². The van der Waals surface area contributed by atoms with Crippen LogP contribution in [0.15, 0.2) is 42.6 Å².